The molecule has 3 rings (SSSR count). The molecule has 0 aliphatic carbocycles. The van der Waals surface area contributed by atoms with Crippen molar-refractivity contribution in [2.24, 2.45) is 5.92 Å². The van der Waals surface area contributed by atoms with Crippen LogP contribution in [0.2, 0.25) is 0 Å². The molecule has 0 aromatic heterocycles. The van der Waals surface area contributed by atoms with Crippen molar-refractivity contribution < 1.29 is 9.47 Å². The summed E-state index contributed by atoms with van der Waals surface area (Å²) >= 11 is 3.61. The summed E-state index contributed by atoms with van der Waals surface area (Å²) in [4.78, 5) is 0. The van der Waals surface area contributed by atoms with Crippen LogP contribution in [0, 0.1) is 5.92 Å². The Kier molecular flexibility index (Phi) is 4.28. The van der Waals surface area contributed by atoms with E-state index in [-0.39, 0.29) is 0 Å². The Morgan fingerprint density at radius 1 is 1.21 bits per heavy atom. The van der Waals surface area contributed by atoms with Crippen LogP contribution in [0.5, 0.6) is 11.5 Å². The van der Waals surface area contributed by atoms with Crippen LogP contribution in [0.15, 0.2) is 16.6 Å². The van der Waals surface area contributed by atoms with E-state index >= 15 is 0 Å². The highest BCUT2D eigenvalue weighted by Crippen LogP contribution is 2.38. The van der Waals surface area contributed by atoms with Crippen LogP contribution >= 0.6 is 15.9 Å². The van der Waals surface area contributed by atoms with Crippen LogP contribution in [-0.4, -0.2) is 26.3 Å². The molecule has 104 valence electrons. The maximum Gasteiger partial charge on any atom is 0.175 e. The van der Waals surface area contributed by atoms with Gasteiger partial charge in [-0.1, -0.05) is 0 Å². The minimum atomic E-state index is 0.734. The number of piperidine rings is 1. The van der Waals surface area contributed by atoms with Crippen LogP contribution in [0.3, 0.4) is 0 Å². The quantitative estimate of drug-likeness (QED) is 0.906. The molecule has 1 unspecified atom stereocenters. The predicted octanol–water partition coefficient (Wildman–Crippen LogP) is 3.15. The van der Waals surface area contributed by atoms with Gasteiger partial charge in [-0.05, 0) is 71.9 Å². The summed E-state index contributed by atoms with van der Waals surface area (Å²) in [5.74, 6) is 2.50. The normalized spacial score (nSPS) is 22.9. The van der Waals surface area contributed by atoms with Gasteiger partial charge in [-0.15, -0.1) is 0 Å². The highest BCUT2D eigenvalue weighted by Gasteiger charge is 2.18. The molecule has 4 heteroatoms. The lowest BCUT2D eigenvalue weighted by Gasteiger charge is -2.23. The van der Waals surface area contributed by atoms with Gasteiger partial charge in [-0.2, -0.15) is 0 Å². The number of nitrogens with one attached hydrogen (secondary N) is 1. The number of hydrogen-bond acceptors (Lipinski definition) is 3. The van der Waals surface area contributed by atoms with Gasteiger partial charge in [0.05, 0.1) is 17.7 Å². The average molecular weight is 326 g/mol. The second kappa shape index (κ2) is 6.14. The van der Waals surface area contributed by atoms with Gasteiger partial charge in [0.25, 0.3) is 0 Å². The van der Waals surface area contributed by atoms with E-state index < -0.39 is 0 Å². The van der Waals surface area contributed by atoms with E-state index in [1.54, 1.807) is 0 Å². The minimum absolute atomic E-state index is 0.734. The van der Waals surface area contributed by atoms with Gasteiger partial charge in [-0.3, -0.25) is 0 Å². The van der Waals surface area contributed by atoms with Crippen molar-refractivity contribution in [3.8, 4) is 11.5 Å². The molecule has 1 fully saturated rings. The molecule has 2 aliphatic heterocycles. The molecule has 0 spiro atoms. The number of halogens is 1. The maximum atomic E-state index is 5.79. The number of benzene rings is 1. The third-order valence-corrected chi connectivity index (χ3v) is 4.37. The fourth-order valence-corrected chi connectivity index (χ4v) is 3.44. The summed E-state index contributed by atoms with van der Waals surface area (Å²) in [6.45, 7) is 3.78. The average Bonchev–Trinajstić information content (AvgIpc) is 2.65. The number of ether oxygens (including phenoxy) is 2. The highest BCUT2D eigenvalue weighted by atomic mass is 79.9. The van der Waals surface area contributed by atoms with Crippen LogP contribution in [0.1, 0.15) is 24.8 Å². The van der Waals surface area contributed by atoms with Crippen molar-refractivity contribution in [2.75, 3.05) is 26.3 Å². The topological polar surface area (TPSA) is 30.5 Å². The molecule has 2 heterocycles. The van der Waals surface area contributed by atoms with Gasteiger partial charge >= 0.3 is 0 Å². The van der Waals surface area contributed by atoms with Crippen LogP contribution in [0.4, 0.5) is 0 Å². The zero-order valence-corrected chi connectivity index (χ0v) is 12.7. The fraction of sp³-hybridized carbons (Fsp3) is 0.600. The van der Waals surface area contributed by atoms with Gasteiger partial charge in [-0.25, -0.2) is 0 Å². The Bertz CT molecular complexity index is 444. The van der Waals surface area contributed by atoms with E-state index in [1.165, 1.54) is 24.9 Å². The van der Waals surface area contributed by atoms with Crippen LogP contribution < -0.4 is 14.8 Å². The Balaban J connectivity index is 1.78. The fourth-order valence-electron chi connectivity index (χ4n) is 2.83. The lowest BCUT2D eigenvalue weighted by atomic mass is 9.92. The first kappa shape index (κ1) is 13.3. The number of hydrogen-bond donors (Lipinski definition) is 1. The monoisotopic (exact) mass is 325 g/mol. The van der Waals surface area contributed by atoms with Gasteiger partial charge in [0.2, 0.25) is 0 Å². The minimum Gasteiger partial charge on any atom is -0.490 e. The number of rotatable bonds is 2. The van der Waals surface area contributed by atoms with Gasteiger partial charge in [0.15, 0.2) is 11.5 Å². The molecule has 1 N–H and O–H groups in total. The Morgan fingerprint density at radius 3 is 2.95 bits per heavy atom. The number of fused-ring (bicyclic) bond motifs is 1. The molecule has 1 aromatic carbocycles. The van der Waals surface area contributed by atoms with Gasteiger partial charge in [0, 0.05) is 6.42 Å². The SMILES string of the molecule is Brc1cc(CC2CCCNC2)cc2c1OCCCO2. The molecule has 0 radical (unpaired) electrons. The summed E-state index contributed by atoms with van der Waals surface area (Å²) in [6.07, 6.45) is 4.67. The van der Waals surface area contributed by atoms with E-state index in [1.807, 2.05) is 0 Å². The lowest BCUT2D eigenvalue weighted by Crippen LogP contribution is -2.30. The van der Waals surface area contributed by atoms with Gasteiger partial charge in [0.1, 0.15) is 0 Å². The Morgan fingerprint density at radius 2 is 2.11 bits per heavy atom. The standard InChI is InChI=1S/C15H20BrNO2/c16-13-8-12(7-11-3-1-4-17-10-11)9-14-15(13)19-6-2-5-18-14/h8-9,11,17H,1-7,10H2. The van der Waals surface area contributed by atoms with Crippen molar-refractivity contribution >= 4 is 15.9 Å². The second-order valence-electron chi connectivity index (χ2n) is 5.37. The molecular weight excluding hydrogens is 306 g/mol. The van der Waals surface area contributed by atoms with E-state index in [9.17, 15) is 0 Å². The summed E-state index contributed by atoms with van der Waals surface area (Å²) in [5.41, 5.74) is 1.34. The first-order chi connectivity index (χ1) is 9.33. The molecule has 1 aromatic rings. The van der Waals surface area contributed by atoms with E-state index in [0.717, 1.165) is 54.5 Å². The molecule has 1 atom stereocenters. The molecule has 19 heavy (non-hydrogen) atoms. The molecular formula is C15H20BrNO2. The molecule has 2 aliphatic rings. The third kappa shape index (κ3) is 3.23. The zero-order valence-electron chi connectivity index (χ0n) is 11.1. The second-order valence-corrected chi connectivity index (χ2v) is 6.23. The van der Waals surface area contributed by atoms with Crippen LogP contribution in [0.25, 0.3) is 0 Å². The van der Waals surface area contributed by atoms with E-state index in [4.69, 9.17) is 9.47 Å². The lowest BCUT2D eigenvalue weighted by molar-refractivity contribution is 0.296. The molecule has 0 bridgehead atoms. The summed E-state index contributed by atoms with van der Waals surface area (Å²) in [7, 11) is 0. The molecule has 3 nitrogen and oxygen atoms in total. The third-order valence-electron chi connectivity index (χ3n) is 3.79. The Labute approximate surface area is 122 Å². The first-order valence-electron chi connectivity index (χ1n) is 7.11. The molecule has 1 saturated heterocycles. The first-order valence-corrected chi connectivity index (χ1v) is 7.91. The largest absolute Gasteiger partial charge is 0.490 e. The van der Waals surface area contributed by atoms with Gasteiger partial charge < -0.3 is 14.8 Å². The van der Waals surface area contributed by atoms with E-state index in [2.05, 4.69) is 33.4 Å². The van der Waals surface area contributed by atoms with Crippen LogP contribution in [-0.2, 0) is 6.42 Å². The van der Waals surface area contributed by atoms with Crippen molar-refractivity contribution in [1.29, 1.82) is 0 Å². The van der Waals surface area contributed by atoms with E-state index in [0.29, 0.717) is 0 Å². The van der Waals surface area contributed by atoms with Crippen molar-refractivity contribution in [1.82, 2.24) is 5.32 Å². The molecule has 0 amide bonds. The van der Waals surface area contributed by atoms with Crippen molar-refractivity contribution in [3.63, 3.8) is 0 Å². The molecule has 0 saturated carbocycles. The summed E-state index contributed by atoms with van der Waals surface area (Å²) < 4.78 is 12.5. The predicted molar refractivity (Wildman–Crippen MR) is 79.0 cm³/mol. The zero-order chi connectivity index (χ0) is 13.1. The smallest absolute Gasteiger partial charge is 0.175 e. The Hall–Kier alpha value is -0.740. The van der Waals surface area contributed by atoms with Crippen molar-refractivity contribution in [3.05, 3.63) is 22.2 Å². The summed E-state index contributed by atoms with van der Waals surface area (Å²) in [5, 5.41) is 3.47. The summed E-state index contributed by atoms with van der Waals surface area (Å²) in [6, 6.07) is 4.34. The van der Waals surface area contributed by atoms with Crippen molar-refractivity contribution in [2.45, 2.75) is 25.7 Å². The maximum absolute atomic E-state index is 5.79. The highest BCUT2D eigenvalue weighted by molar-refractivity contribution is 9.10.